The van der Waals surface area contributed by atoms with E-state index in [9.17, 15) is 0 Å². The van der Waals surface area contributed by atoms with Crippen LogP contribution in [0.15, 0.2) is 29.4 Å². The standard InChI is InChI=1S/C22H23ClN6OS2/c1-29-18(11-30-15-9-6-5-8-14(15)23)27-28-22(29)31-12-17-25-20(24)19-13-7-3-2-4-10-16(13)32-21(19)26-17/h5-6,8-9H,2-4,7,10-12H2,1H3,(H2,24,25,26). The van der Waals surface area contributed by atoms with Crippen LogP contribution in [0.25, 0.3) is 10.2 Å². The van der Waals surface area contributed by atoms with Gasteiger partial charge in [0.2, 0.25) is 0 Å². The summed E-state index contributed by atoms with van der Waals surface area (Å²) >= 11 is 9.46. The van der Waals surface area contributed by atoms with Crippen molar-refractivity contribution in [1.29, 1.82) is 0 Å². The van der Waals surface area contributed by atoms with Gasteiger partial charge in [-0.1, -0.05) is 41.9 Å². The van der Waals surface area contributed by atoms with Gasteiger partial charge in [-0.15, -0.1) is 21.5 Å². The van der Waals surface area contributed by atoms with Crippen molar-refractivity contribution in [1.82, 2.24) is 24.7 Å². The molecule has 1 aliphatic rings. The predicted octanol–water partition coefficient (Wildman–Crippen LogP) is 5.20. The van der Waals surface area contributed by atoms with E-state index in [0.717, 1.165) is 28.2 Å². The Morgan fingerprint density at radius 2 is 2.00 bits per heavy atom. The molecule has 3 heterocycles. The van der Waals surface area contributed by atoms with Gasteiger partial charge in [0.1, 0.15) is 28.8 Å². The third-order valence-corrected chi connectivity index (χ3v) is 8.10. The number of hydrogen-bond acceptors (Lipinski definition) is 8. The van der Waals surface area contributed by atoms with Crippen LogP contribution in [0.1, 0.15) is 41.4 Å². The molecule has 0 bridgehead atoms. The molecule has 0 saturated carbocycles. The second-order valence-corrected chi connectivity index (χ2v) is 10.2. The van der Waals surface area contributed by atoms with Crippen molar-refractivity contribution in [3.8, 4) is 5.75 Å². The first-order valence-corrected chi connectivity index (χ1v) is 12.7. The van der Waals surface area contributed by atoms with E-state index in [1.165, 1.54) is 41.5 Å². The number of thioether (sulfide) groups is 1. The molecule has 0 saturated heterocycles. The number of para-hydroxylation sites is 1. The van der Waals surface area contributed by atoms with Crippen molar-refractivity contribution < 1.29 is 4.74 Å². The van der Waals surface area contributed by atoms with Crippen molar-refractivity contribution in [3.63, 3.8) is 0 Å². The number of aryl methyl sites for hydroxylation is 2. The number of ether oxygens (including phenoxy) is 1. The highest BCUT2D eigenvalue weighted by molar-refractivity contribution is 7.98. The zero-order valence-electron chi connectivity index (χ0n) is 17.7. The van der Waals surface area contributed by atoms with E-state index in [4.69, 9.17) is 27.1 Å². The fourth-order valence-electron chi connectivity index (χ4n) is 3.90. The van der Waals surface area contributed by atoms with Crippen LogP contribution < -0.4 is 10.5 Å². The maximum Gasteiger partial charge on any atom is 0.191 e. The number of nitrogens with two attached hydrogens (primary N) is 1. The van der Waals surface area contributed by atoms with Crippen molar-refractivity contribution >= 4 is 50.7 Å². The summed E-state index contributed by atoms with van der Waals surface area (Å²) in [6.07, 6.45) is 5.93. The molecule has 7 nitrogen and oxygen atoms in total. The predicted molar refractivity (Wildman–Crippen MR) is 129 cm³/mol. The summed E-state index contributed by atoms with van der Waals surface area (Å²) in [6.45, 7) is 0.282. The number of halogens is 1. The molecule has 32 heavy (non-hydrogen) atoms. The minimum Gasteiger partial charge on any atom is -0.484 e. The topological polar surface area (TPSA) is 91.7 Å². The zero-order chi connectivity index (χ0) is 22.1. The highest BCUT2D eigenvalue weighted by atomic mass is 35.5. The number of aromatic nitrogens is 5. The smallest absolute Gasteiger partial charge is 0.191 e. The van der Waals surface area contributed by atoms with Crippen molar-refractivity contribution in [2.75, 3.05) is 5.73 Å². The SMILES string of the molecule is Cn1c(COc2ccccc2Cl)nnc1SCc1nc(N)c2c3c(sc2n1)CCCCC3. The van der Waals surface area contributed by atoms with Crippen LogP contribution in [0.4, 0.5) is 5.82 Å². The van der Waals surface area contributed by atoms with Crippen LogP contribution >= 0.6 is 34.7 Å². The van der Waals surface area contributed by atoms with Gasteiger partial charge in [0.15, 0.2) is 11.0 Å². The minimum atomic E-state index is 0.282. The number of nitrogen functional groups attached to an aromatic ring is 1. The van der Waals surface area contributed by atoms with E-state index in [1.807, 2.05) is 29.8 Å². The summed E-state index contributed by atoms with van der Waals surface area (Å²) in [5.41, 5.74) is 7.74. The normalized spacial score (nSPS) is 13.8. The number of anilines is 1. The molecular formula is C22H23ClN6OS2. The zero-order valence-corrected chi connectivity index (χ0v) is 20.1. The van der Waals surface area contributed by atoms with Crippen LogP contribution in [0.3, 0.4) is 0 Å². The Hall–Kier alpha value is -2.36. The first-order chi connectivity index (χ1) is 15.6. The first kappa shape index (κ1) is 21.5. The van der Waals surface area contributed by atoms with Gasteiger partial charge in [0.25, 0.3) is 0 Å². The summed E-state index contributed by atoms with van der Waals surface area (Å²) in [7, 11) is 1.92. The molecule has 0 atom stereocenters. The molecule has 5 rings (SSSR count). The quantitative estimate of drug-likeness (QED) is 0.296. The van der Waals surface area contributed by atoms with Crippen LogP contribution in [-0.2, 0) is 32.2 Å². The molecule has 166 valence electrons. The van der Waals surface area contributed by atoms with Crippen LogP contribution in [0.5, 0.6) is 5.75 Å². The average Bonchev–Trinajstić information content (AvgIpc) is 3.22. The fourth-order valence-corrected chi connectivity index (χ4v) is 6.17. The number of rotatable bonds is 6. The third-order valence-electron chi connectivity index (χ3n) is 5.59. The summed E-state index contributed by atoms with van der Waals surface area (Å²) in [5, 5.41) is 11.0. The monoisotopic (exact) mass is 486 g/mol. The Morgan fingerprint density at radius 3 is 2.88 bits per heavy atom. The molecular weight excluding hydrogens is 464 g/mol. The first-order valence-electron chi connectivity index (χ1n) is 10.5. The number of thiophene rings is 1. The largest absolute Gasteiger partial charge is 0.484 e. The molecule has 4 aromatic rings. The molecule has 0 spiro atoms. The molecule has 2 N–H and O–H groups in total. The molecule has 0 fully saturated rings. The van der Waals surface area contributed by atoms with E-state index in [-0.39, 0.29) is 6.61 Å². The number of benzene rings is 1. The highest BCUT2D eigenvalue weighted by Gasteiger charge is 2.20. The van der Waals surface area contributed by atoms with E-state index >= 15 is 0 Å². The molecule has 0 radical (unpaired) electrons. The number of hydrogen-bond donors (Lipinski definition) is 1. The van der Waals surface area contributed by atoms with E-state index in [2.05, 4.69) is 15.2 Å². The Kier molecular flexibility index (Phi) is 6.21. The Balaban J connectivity index is 1.29. The molecule has 1 aliphatic carbocycles. The van der Waals surface area contributed by atoms with Gasteiger partial charge in [-0.25, -0.2) is 9.97 Å². The van der Waals surface area contributed by atoms with E-state index in [1.54, 1.807) is 17.4 Å². The van der Waals surface area contributed by atoms with E-state index < -0.39 is 0 Å². The molecule has 0 unspecified atom stereocenters. The van der Waals surface area contributed by atoms with Crippen molar-refractivity contribution in [2.45, 2.75) is 49.6 Å². The molecule has 1 aromatic carbocycles. The lowest BCUT2D eigenvalue weighted by Gasteiger charge is -2.08. The highest BCUT2D eigenvalue weighted by Crippen LogP contribution is 2.37. The van der Waals surface area contributed by atoms with Gasteiger partial charge in [-0.2, -0.15) is 0 Å². The fraction of sp³-hybridized carbons (Fsp3) is 0.364. The summed E-state index contributed by atoms with van der Waals surface area (Å²) in [4.78, 5) is 11.9. The number of nitrogens with zero attached hydrogens (tertiary/aromatic N) is 5. The Labute approximate surface area is 199 Å². The lowest BCUT2D eigenvalue weighted by molar-refractivity contribution is 0.290. The van der Waals surface area contributed by atoms with Gasteiger partial charge < -0.3 is 15.0 Å². The van der Waals surface area contributed by atoms with Gasteiger partial charge in [-0.3, -0.25) is 0 Å². The average molecular weight is 487 g/mol. The second-order valence-electron chi connectivity index (χ2n) is 7.74. The Morgan fingerprint density at radius 1 is 1.16 bits per heavy atom. The van der Waals surface area contributed by atoms with Crippen LogP contribution in [0.2, 0.25) is 5.02 Å². The van der Waals surface area contributed by atoms with Crippen molar-refractivity contribution in [3.05, 3.63) is 51.4 Å². The summed E-state index contributed by atoms with van der Waals surface area (Å²) < 4.78 is 7.70. The molecule has 0 aliphatic heterocycles. The molecule has 0 amide bonds. The summed E-state index contributed by atoms with van der Waals surface area (Å²) in [6, 6.07) is 7.37. The third kappa shape index (κ3) is 4.29. The van der Waals surface area contributed by atoms with Crippen molar-refractivity contribution in [2.24, 2.45) is 7.05 Å². The second kappa shape index (κ2) is 9.25. The van der Waals surface area contributed by atoms with Gasteiger partial charge in [0, 0.05) is 11.9 Å². The van der Waals surface area contributed by atoms with E-state index in [0.29, 0.717) is 34.0 Å². The lowest BCUT2D eigenvalue weighted by Crippen LogP contribution is -2.05. The molecule has 3 aromatic heterocycles. The van der Waals surface area contributed by atoms with Gasteiger partial charge in [-0.05, 0) is 43.4 Å². The maximum atomic E-state index is 6.37. The van der Waals surface area contributed by atoms with Gasteiger partial charge in [0.05, 0.1) is 16.2 Å². The Bertz CT molecular complexity index is 1270. The van der Waals surface area contributed by atoms with Crippen LogP contribution in [0, 0.1) is 0 Å². The maximum absolute atomic E-state index is 6.37. The molecule has 10 heteroatoms. The minimum absolute atomic E-state index is 0.282. The summed E-state index contributed by atoms with van der Waals surface area (Å²) in [5.74, 6) is 3.22. The van der Waals surface area contributed by atoms with Gasteiger partial charge >= 0.3 is 0 Å². The van der Waals surface area contributed by atoms with Crippen LogP contribution in [-0.4, -0.2) is 24.7 Å². The number of fused-ring (bicyclic) bond motifs is 3. The lowest BCUT2D eigenvalue weighted by atomic mass is 10.1.